The number of fused-ring (bicyclic) bond motifs is 6. The molecule has 9 aromatic carbocycles. The molecule has 0 fully saturated rings. The molecule has 2 nitrogen and oxygen atoms in total. The second-order valence-electron chi connectivity index (χ2n) is 15.1. The summed E-state index contributed by atoms with van der Waals surface area (Å²) in [5.74, 6) is 0. The minimum absolute atomic E-state index is 0.108. The smallest absolute Gasteiger partial charge is 0.143 e. The molecule has 51 heavy (non-hydrogen) atoms. The van der Waals surface area contributed by atoms with E-state index in [1.165, 1.54) is 65.3 Å². The average molecular weight is 656 g/mol. The number of furan rings is 1. The first-order valence-corrected chi connectivity index (χ1v) is 17.8. The molecule has 0 aliphatic carbocycles. The molecular formula is C49H37NO. The largest absolute Gasteiger partial charge is 0.455 e. The summed E-state index contributed by atoms with van der Waals surface area (Å²) in [6.07, 6.45) is 0. The zero-order valence-corrected chi connectivity index (χ0v) is 29.3. The number of aryl methyl sites for hydroxylation is 1. The Morgan fingerprint density at radius 1 is 0.471 bits per heavy atom. The van der Waals surface area contributed by atoms with Crippen LogP contribution in [0.5, 0.6) is 0 Å². The van der Waals surface area contributed by atoms with E-state index in [1.807, 2.05) is 0 Å². The van der Waals surface area contributed by atoms with E-state index in [2.05, 4.69) is 184 Å². The van der Waals surface area contributed by atoms with Gasteiger partial charge in [-0.25, -0.2) is 0 Å². The molecule has 0 radical (unpaired) electrons. The van der Waals surface area contributed by atoms with Gasteiger partial charge >= 0.3 is 0 Å². The first-order chi connectivity index (χ1) is 24.8. The van der Waals surface area contributed by atoms with Gasteiger partial charge in [0.05, 0.1) is 0 Å². The summed E-state index contributed by atoms with van der Waals surface area (Å²) in [5, 5.41) is 12.2. The Kier molecular flexibility index (Phi) is 6.38. The molecule has 0 aliphatic heterocycles. The first-order valence-electron chi connectivity index (χ1n) is 17.8. The highest BCUT2D eigenvalue weighted by Crippen LogP contribution is 2.48. The molecular weight excluding hydrogens is 619 g/mol. The summed E-state index contributed by atoms with van der Waals surface area (Å²) in [6.45, 7) is 8.94. The molecule has 0 N–H and O–H groups in total. The molecule has 0 saturated heterocycles. The summed E-state index contributed by atoms with van der Waals surface area (Å²) in [5.41, 5.74) is 10.3. The van der Waals surface area contributed by atoms with Crippen LogP contribution in [0.4, 0.5) is 17.1 Å². The van der Waals surface area contributed by atoms with Crippen molar-refractivity contribution in [2.75, 3.05) is 4.90 Å². The van der Waals surface area contributed by atoms with E-state index in [1.54, 1.807) is 0 Å². The standard InChI is InChI=1S/C49H37NO/c1-30-15-22-36(23-16-30)50(37-24-19-31-9-5-6-10-33(31)27-37)38-25-26-40-44(29-38)51-48-42-14-8-12-39-43(32-17-20-35(21-18-32)49(2,3)4)28-34-11-7-13-41(47(40)48)45(34)46(39)42/h5-29H,1-4H3. The Morgan fingerprint density at radius 3 is 1.94 bits per heavy atom. The number of hydrogen-bond acceptors (Lipinski definition) is 2. The molecule has 0 bridgehead atoms. The van der Waals surface area contributed by atoms with Crippen LogP contribution in [0.2, 0.25) is 0 Å². The van der Waals surface area contributed by atoms with E-state index < -0.39 is 0 Å². The molecule has 0 spiro atoms. The van der Waals surface area contributed by atoms with Crippen molar-refractivity contribution in [1.82, 2.24) is 0 Å². The maximum absolute atomic E-state index is 6.99. The minimum atomic E-state index is 0.108. The van der Waals surface area contributed by atoms with Gasteiger partial charge in [0.1, 0.15) is 11.2 Å². The van der Waals surface area contributed by atoms with Crippen LogP contribution in [-0.4, -0.2) is 0 Å². The fraction of sp³-hybridized carbons (Fsp3) is 0.102. The van der Waals surface area contributed by atoms with Crippen molar-refractivity contribution in [3.63, 3.8) is 0 Å². The molecule has 0 aliphatic rings. The average Bonchev–Trinajstić information content (AvgIpc) is 3.54. The van der Waals surface area contributed by atoms with Gasteiger partial charge in [-0.2, -0.15) is 0 Å². The number of nitrogens with zero attached hydrogens (tertiary/aromatic N) is 1. The van der Waals surface area contributed by atoms with Gasteiger partial charge in [0.25, 0.3) is 0 Å². The molecule has 2 heteroatoms. The van der Waals surface area contributed by atoms with Gasteiger partial charge < -0.3 is 9.32 Å². The second kappa shape index (κ2) is 10.9. The van der Waals surface area contributed by atoms with Gasteiger partial charge in [-0.15, -0.1) is 0 Å². The lowest BCUT2D eigenvalue weighted by Crippen LogP contribution is -2.10. The zero-order valence-electron chi connectivity index (χ0n) is 29.3. The van der Waals surface area contributed by atoms with Crippen LogP contribution in [0.3, 0.4) is 0 Å². The highest BCUT2D eigenvalue weighted by molar-refractivity contribution is 6.38. The predicted molar refractivity (Wildman–Crippen MR) is 218 cm³/mol. The van der Waals surface area contributed by atoms with Crippen LogP contribution in [-0.2, 0) is 5.41 Å². The Morgan fingerprint density at radius 2 is 1.14 bits per heavy atom. The van der Waals surface area contributed by atoms with E-state index >= 15 is 0 Å². The molecule has 1 heterocycles. The minimum Gasteiger partial charge on any atom is -0.455 e. The first kappa shape index (κ1) is 29.8. The van der Waals surface area contributed by atoms with Crippen molar-refractivity contribution in [3.8, 4) is 11.1 Å². The molecule has 244 valence electrons. The SMILES string of the molecule is Cc1ccc(N(c2ccc3ccccc3c2)c2ccc3c(c2)oc2c4cccc5c(-c6ccc(C(C)(C)C)cc6)cc6cccc(c32)c6c54)cc1. The number of benzene rings is 9. The second-order valence-corrected chi connectivity index (χ2v) is 15.1. The monoisotopic (exact) mass is 655 g/mol. The quantitative estimate of drug-likeness (QED) is 0.175. The Hall–Kier alpha value is -6.12. The van der Waals surface area contributed by atoms with Crippen LogP contribution in [0.25, 0.3) is 76.2 Å². The van der Waals surface area contributed by atoms with Crippen LogP contribution in [0.1, 0.15) is 31.9 Å². The molecule has 0 unspecified atom stereocenters. The van der Waals surface area contributed by atoms with Crippen LogP contribution < -0.4 is 4.90 Å². The molecule has 10 aromatic rings. The van der Waals surface area contributed by atoms with Gasteiger partial charge in [-0.05, 0) is 104 Å². The third-order valence-electron chi connectivity index (χ3n) is 10.8. The Labute approximate surface area is 297 Å². The van der Waals surface area contributed by atoms with E-state index in [-0.39, 0.29) is 5.41 Å². The third-order valence-corrected chi connectivity index (χ3v) is 10.8. The zero-order chi connectivity index (χ0) is 34.4. The number of hydrogen-bond donors (Lipinski definition) is 0. The van der Waals surface area contributed by atoms with Crippen molar-refractivity contribution in [3.05, 3.63) is 163 Å². The fourth-order valence-electron chi connectivity index (χ4n) is 8.17. The van der Waals surface area contributed by atoms with E-state index in [9.17, 15) is 0 Å². The maximum Gasteiger partial charge on any atom is 0.143 e. The summed E-state index contributed by atoms with van der Waals surface area (Å²) in [7, 11) is 0. The lowest BCUT2D eigenvalue weighted by atomic mass is 9.84. The Balaban J connectivity index is 1.21. The summed E-state index contributed by atoms with van der Waals surface area (Å²) in [4.78, 5) is 2.33. The van der Waals surface area contributed by atoms with Crippen molar-refractivity contribution >= 4 is 82.1 Å². The van der Waals surface area contributed by atoms with E-state index in [0.717, 1.165) is 39.0 Å². The number of anilines is 3. The summed E-state index contributed by atoms with van der Waals surface area (Å²) < 4.78 is 6.99. The third kappa shape index (κ3) is 4.63. The van der Waals surface area contributed by atoms with Gasteiger partial charge in [-0.1, -0.05) is 129 Å². The van der Waals surface area contributed by atoms with E-state index in [0.29, 0.717) is 0 Å². The maximum atomic E-state index is 6.99. The highest BCUT2D eigenvalue weighted by atomic mass is 16.3. The molecule has 0 amide bonds. The Bertz CT molecular complexity index is 2940. The molecule has 10 rings (SSSR count). The van der Waals surface area contributed by atoms with Gasteiger partial charge in [0.15, 0.2) is 0 Å². The van der Waals surface area contributed by atoms with Gasteiger partial charge in [0, 0.05) is 44.7 Å². The predicted octanol–water partition coefficient (Wildman–Crippen LogP) is 14.4. The van der Waals surface area contributed by atoms with Crippen LogP contribution in [0.15, 0.2) is 156 Å². The van der Waals surface area contributed by atoms with Crippen molar-refractivity contribution in [1.29, 1.82) is 0 Å². The molecule has 0 saturated carbocycles. The van der Waals surface area contributed by atoms with Crippen molar-refractivity contribution in [2.24, 2.45) is 0 Å². The molecule has 1 aromatic heterocycles. The van der Waals surface area contributed by atoms with Crippen molar-refractivity contribution < 1.29 is 4.42 Å². The van der Waals surface area contributed by atoms with Gasteiger partial charge in [-0.3, -0.25) is 0 Å². The van der Waals surface area contributed by atoms with Gasteiger partial charge in [0.2, 0.25) is 0 Å². The normalized spacial score (nSPS) is 12.3. The lowest BCUT2D eigenvalue weighted by molar-refractivity contribution is 0.590. The molecule has 0 atom stereocenters. The summed E-state index contributed by atoms with van der Waals surface area (Å²) in [6, 6.07) is 55.7. The van der Waals surface area contributed by atoms with E-state index in [4.69, 9.17) is 4.42 Å². The van der Waals surface area contributed by atoms with Crippen LogP contribution >= 0.6 is 0 Å². The number of rotatable bonds is 4. The topological polar surface area (TPSA) is 16.4 Å². The van der Waals surface area contributed by atoms with Crippen molar-refractivity contribution in [2.45, 2.75) is 33.1 Å². The van der Waals surface area contributed by atoms with Crippen LogP contribution in [0, 0.1) is 6.92 Å². The highest BCUT2D eigenvalue weighted by Gasteiger charge is 2.22. The fourth-order valence-corrected chi connectivity index (χ4v) is 8.17. The lowest BCUT2D eigenvalue weighted by Gasteiger charge is -2.26. The summed E-state index contributed by atoms with van der Waals surface area (Å²) >= 11 is 0.